The molecule has 1 aromatic rings. The number of nitrogens with zero attached hydrogens (tertiary/aromatic N) is 2. The normalized spacial score (nSPS) is 36.2. The van der Waals surface area contributed by atoms with Gasteiger partial charge in [0.1, 0.15) is 6.10 Å². The highest BCUT2D eigenvalue weighted by Gasteiger charge is 2.69. The molecule has 1 amide bonds. The molecule has 1 aromatic heterocycles. The Kier molecular flexibility index (Phi) is 11.1. The van der Waals surface area contributed by atoms with Crippen molar-refractivity contribution in [2.24, 2.45) is 56.7 Å². The predicted octanol–water partition coefficient (Wildman–Crippen LogP) is 8.02. The van der Waals surface area contributed by atoms with Crippen LogP contribution < -0.4 is 5.32 Å². The molecule has 0 spiro atoms. The Hall–Kier alpha value is -3.07. The molecule has 0 aromatic carbocycles. The van der Waals surface area contributed by atoms with E-state index in [0.29, 0.717) is 43.0 Å². The molecular weight excluding hydrogens is 679 g/mol. The van der Waals surface area contributed by atoms with Crippen molar-refractivity contribution in [2.45, 2.75) is 139 Å². The molecule has 4 saturated carbocycles. The van der Waals surface area contributed by atoms with E-state index < -0.39 is 17.4 Å². The zero-order valence-electron chi connectivity index (χ0n) is 34.6. The third-order valence-corrected chi connectivity index (χ3v) is 16.2. The molecule has 9 nitrogen and oxygen atoms in total. The van der Waals surface area contributed by atoms with E-state index in [1.54, 1.807) is 20.0 Å². The van der Waals surface area contributed by atoms with Gasteiger partial charge in [-0.3, -0.25) is 24.2 Å². The largest absolute Gasteiger partial charge is 0.481 e. The van der Waals surface area contributed by atoms with Crippen LogP contribution in [0, 0.1) is 56.7 Å². The van der Waals surface area contributed by atoms with Crippen LogP contribution in [0.4, 0.5) is 0 Å². The number of aliphatic carboxylic acids is 1. The second-order valence-electron chi connectivity index (χ2n) is 19.8. The number of carbonyl (C=O) groups excluding carboxylic acids is 3. The Balaban J connectivity index is 1.26. The summed E-state index contributed by atoms with van der Waals surface area (Å²) in [6.45, 7) is 18.9. The van der Waals surface area contributed by atoms with Gasteiger partial charge in [0.05, 0.1) is 18.4 Å². The molecule has 0 saturated heterocycles. The van der Waals surface area contributed by atoms with Crippen LogP contribution in [-0.4, -0.2) is 64.9 Å². The fourth-order valence-electron chi connectivity index (χ4n) is 13.1. The number of fused-ring (bicyclic) bond motifs is 7. The highest BCUT2D eigenvalue weighted by atomic mass is 16.5. The van der Waals surface area contributed by atoms with Crippen LogP contribution in [0.5, 0.6) is 0 Å². The van der Waals surface area contributed by atoms with E-state index in [-0.39, 0.29) is 58.5 Å². The van der Waals surface area contributed by atoms with E-state index in [2.05, 4.69) is 51.8 Å². The number of allylic oxidation sites excluding steroid dienone is 2. The minimum atomic E-state index is -1.15. The van der Waals surface area contributed by atoms with Gasteiger partial charge in [0.15, 0.2) is 5.78 Å². The number of esters is 1. The Morgan fingerprint density at radius 1 is 1.06 bits per heavy atom. The number of amides is 1. The fourth-order valence-corrected chi connectivity index (χ4v) is 13.1. The molecule has 5 aliphatic rings. The lowest BCUT2D eigenvalue weighted by atomic mass is 9.34. The van der Waals surface area contributed by atoms with Crippen LogP contribution in [0.1, 0.15) is 132 Å². The van der Waals surface area contributed by atoms with Gasteiger partial charge in [0.2, 0.25) is 5.91 Å². The molecule has 1 heterocycles. The summed E-state index contributed by atoms with van der Waals surface area (Å²) < 4.78 is 6.08. The number of hydrogen-bond acceptors (Lipinski definition) is 7. The van der Waals surface area contributed by atoms with Crippen LogP contribution in [0.15, 0.2) is 35.7 Å². The lowest BCUT2D eigenvalue weighted by Crippen LogP contribution is -2.64. The average molecular weight is 746 g/mol. The van der Waals surface area contributed by atoms with Gasteiger partial charge in [0.25, 0.3) is 0 Å². The van der Waals surface area contributed by atoms with Gasteiger partial charge in [-0.15, -0.1) is 0 Å². The summed E-state index contributed by atoms with van der Waals surface area (Å²) in [6, 6.07) is 3.94. The summed E-state index contributed by atoms with van der Waals surface area (Å²) in [7, 11) is 1.81. The third-order valence-electron chi connectivity index (χ3n) is 16.2. The molecule has 0 aliphatic heterocycles. The Bertz CT molecular complexity index is 1650. The molecule has 2 N–H and O–H groups in total. The molecule has 0 radical (unpaired) electrons. The molecule has 4 fully saturated rings. The van der Waals surface area contributed by atoms with E-state index >= 15 is 0 Å². The zero-order valence-corrected chi connectivity index (χ0v) is 34.6. The van der Waals surface area contributed by atoms with Gasteiger partial charge in [0, 0.05) is 37.3 Å². The number of aromatic nitrogens is 1. The first-order valence-electron chi connectivity index (χ1n) is 20.9. The first-order valence-corrected chi connectivity index (χ1v) is 20.9. The van der Waals surface area contributed by atoms with Gasteiger partial charge in [-0.1, -0.05) is 53.2 Å². The van der Waals surface area contributed by atoms with Crippen molar-refractivity contribution in [3.8, 4) is 0 Å². The number of pyridine rings is 1. The van der Waals surface area contributed by atoms with Crippen molar-refractivity contribution in [3.05, 3.63) is 41.2 Å². The number of likely N-dealkylation sites (N-methyl/N-ethyl adjacent to an activating group) is 1. The van der Waals surface area contributed by atoms with Gasteiger partial charge in [-0.2, -0.15) is 0 Å². The summed E-state index contributed by atoms with van der Waals surface area (Å²) in [5.41, 5.74) is 2.41. The summed E-state index contributed by atoms with van der Waals surface area (Å²) in [4.78, 5) is 58.6. The first kappa shape index (κ1) is 40.6. The number of Topliss-reactive ketones (excluding diaryl/α,β-unsaturated/α-hetero) is 1. The van der Waals surface area contributed by atoms with E-state index in [0.717, 1.165) is 68.9 Å². The number of rotatable bonds is 12. The summed E-state index contributed by atoms with van der Waals surface area (Å²) >= 11 is 0. The highest BCUT2D eigenvalue weighted by molar-refractivity contribution is 6.00. The molecule has 0 bridgehead atoms. The van der Waals surface area contributed by atoms with Crippen molar-refractivity contribution in [2.75, 3.05) is 20.1 Å². The molecule has 9 heteroatoms. The second kappa shape index (κ2) is 14.8. The van der Waals surface area contributed by atoms with Gasteiger partial charge in [-0.05, 0) is 142 Å². The fraction of sp³-hybridized carbons (Fsp3) is 0.756. The third kappa shape index (κ3) is 6.76. The molecule has 9 atom stereocenters. The van der Waals surface area contributed by atoms with E-state index in [4.69, 9.17) is 4.74 Å². The number of hydrogen-bond donors (Lipinski definition) is 2. The van der Waals surface area contributed by atoms with Gasteiger partial charge < -0.3 is 20.1 Å². The number of carboxylic acids is 1. The number of carboxylic acid groups (broad SMARTS) is 1. The van der Waals surface area contributed by atoms with Crippen LogP contribution in [-0.2, 0) is 30.5 Å². The molecule has 3 unspecified atom stereocenters. The number of ketones is 1. The maximum absolute atomic E-state index is 14.2. The maximum atomic E-state index is 14.2. The minimum Gasteiger partial charge on any atom is -0.481 e. The van der Waals surface area contributed by atoms with E-state index in [9.17, 15) is 24.3 Å². The molecule has 5 aliphatic carbocycles. The highest BCUT2D eigenvalue weighted by Crippen LogP contribution is 2.76. The van der Waals surface area contributed by atoms with Crippen LogP contribution in [0.25, 0.3) is 0 Å². The van der Waals surface area contributed by atoms with Gasteiger partial charge in [-0.25, -0.2) is 0 Å². The molecule has 6 rings (SSSR count). The summed E-state index contributed by atoms with van der Waals surface area (Å²) in [5, 5.41) is 12.6. The summed E-state index contributed by atoms with van der Waals surface area (Å²) in [5.74, 6) is 0.649. The molecule has 54 heavy (non-hydrogen) atoms. The van der Waals surface area contributed by atoms with Crippen molar-refractivity contribution < 1.29 is 29.0 Å². The SMILES string of the molecule is CNCC(=O)N(CC[C@@]12CC[C@]3(C)[C@H](CCC4[C@@]5(C)CC[C@H](OC(=O)CC(C)(C)C(=O)O)C(C)C5CC[C@]43C)C1=C(C(C)C)C(=O)C2)Cc1cccnc1. The quantitative estimate of drug-likeness (QED) is 0.206. The van der Waals surface area contributed by atoms with Crippen LogP contribution >= 0.6 is 0 Å². The Morgan fingerprint density at radius 2 is 1.80 bits per heavy atom. The zero-order chi connectivity index (χ0) is 39.4. The van der Waals surface area contributed by atoms with Crippen LogP contribution in [0.3, 0.4) is 0 Å². The first-order chi connectivity index (χ1) is 25.3. The Labute approximate surface area is 323 Å². The van der Waals surface area contributed by atoms with Crippen molar-refractivity contribution in [1.29, 1.82) is 0 Å². The predicted molar refractivity (Wildman–Crippen MR) is 209 cm³/mol. The number of nitrogens with one attached hydrogen (secondary N) is 1. The minimum absolute atomic E-state index is 0.0415. The Morgan fingerprint density at radius 3 is 2.44 bits per heavy atom. The maximum Gasteiger partial charge on any atom is 0.309 e. The molecule has 298 valence electrons. The smallest absolute Gasteiger partial charge is 0.309 e. The lowest BCUT2D eigenvalue weighted by molar-refractivity contribution is -0.216. The standard InChI is InChI=1S/C45H67N3O6/c1-28(2)38-33(49)23-45(20-22-48(36(50)26-46-9)27-30-11-10-21-47-25-30)19-18-43(7)32(39(38)45)12-13-35-42(6)16-15-34(29(3)31(42)14-17-44(35,43)8)54-37(51)24-41(4,5)40(52)53/h10-11,21,25,28-29,31-32,34-35,46H,12-20,22-24,26-27H2,1-9H3,(H,52,53)/t29?,31?,32-,34+,35?,42+,43-,44-,45-/m1/s1. The van der Waals surface area contributed by atoms with Crippen molar-refractivity contribution in [3.63, 3.8) is 0 Å². The van der Waals surface area contributed by atoms with Crippen molar-refractivity contribution in [1.82, 2.24) is 15.2 Å². The monoisotopic (exact) mass is 746 g/mol. The van der Waals surface area contributed by atoms with Crippen molar-refractivity contribution >= 4 is 23.6 Å². The van der Waals surface area contributed by atoms with Crippen LogP contribution in [0.2, 0.25) is 0 Å². The van der Waals surface area contributed by atoms with E-state index in [1.807, 2.05) is 30.3 Å². The topological polar surface area (TPSA) is 126 Å². The average Bonchev–Trinajstić information content (AvgIpc) is 3.40. The van der Waals surface area contributed by atoms with Gasteiger partial charge >= 0.3 is 11.9 Å². The summed E-state index contributed by atoms with van der Waals surface area (Å²) in [6.07, 6.45) is 12.9. The van der Waals surface area contributed by atoms with E-state index in [1.165, 1.54) is 5.57 Å². The lowest BCUT2D eigenvalue weighted by Gasteiger charge is -2.71. The second-order valence-corrected chi connectivity index (χ2v) is 19.8. The number of ether oxygens (including phenoxy) is 1. The molecular formula is C45H67N3O6. The number of carbonyl (C=O) groups is 4.